The van der Waals surface area contributed by atoms with Crippen molar-refractivity contribution in [2.75, 3.05) is 0 Å². The monoisotopic (exact) mass is 272 g/mol. The maximum Gasteiger partial charge on any atom is 0.314 e. The molecule has 0 amide bonds. The number of nitrogens with zero attached hydrogens (tertiary/aromatic N) is 1. The van der Waals surface area contributed by atoms with E-state index in [1.165, 1.54) is 0 Å². The summed E-state index contributed by atoms with van der Waals surface area (Å²) in [4.78, 5) is 32.5. The smallest absolute Gasteiger partial charge is 0.314 e. The number of aromatic nitrogens is 1. The Kier molecular flexibility index (Phi) is 13.9. The van der Waals surface area contributed by atoms with Crippen LogP contribution in [0.2, 0.25) is 0 Å². The molecule has 0 saturated heterocycles. The molecule has 0 aromatic carbocycles. The first-order chi connectivity index (χ1) is 7.40. The lowest BCUT2D eigenvalue weighted by molar-refractivity contribution is 0.403. The summed E-state index contributed by atoms with van der Waals surface area (Å²) in [6.07, 6.45) is 3.50. The Bertz CT molecular complexity index is 289. The first-order valence-corrected chi connectivity index (χ1v) is 6.43. The van der Waals surface area contributed by atoms with Crippen molar-refractivity contribution in [1.29, 1.82) is 0 Å². The summed E-state index contributed by atoms with van der Waals surface area (Å²) < 4.78 is 17.5. The second-order valence-corrected chi connectivity index (χ2v) is 3.26. The standard InChI is InChI=1S/C6H8N2.2H3O3P/c7-4-6-2-1-3-8-5-6;2*1-4(2)3/h1-3,5H,4,7H2;2*4H,(H2,1,2,3). The van der Waals surface area contributed by atoms with Crippen molar-refractivity contribution >= 4 is 16.5 Å². The lowest BCUT2D eigenvalue weighted by Crippen LogP contribution is -1.95. The molecular weight excluding hydrogens is 258 g/mol. The third-order valence-corrected chi connectivity index (χ3v) is 0.958. The number of pyridine rings is 1. The van der Waals surface area contributed by atoms with Gasteiger partial charge in [0.05, 0.1) is 0 Å². The van der Waals surface area contributed by atoms with Gasteiger partial charge >= 0.3 is 16.5 Å². The first-order valence-electron chi connectivity index (χ1n) is 3.82. The second kappa shape index (κ2) is 12.5. The van der Waals surface area contributed by atoms with Gasteiger partial charge in [0, 0.05) is 18.9 Å². The van der Waals surface area contributed by atoms with Crippen LogP contribution in [0.4, 0.5) is 0 Å². The van der Waals surface area contributed by atoms with Crippen molar-refractivity contribution in [3.63, 3.8) is 0 Å². The molecule has 0 spiro atoms. The van der Waals surface area contributed by atoms with Crippen LogP contribution in [0, 0.1) is 0 Å². The van der Waals surface area contributed by atoms with Crippen molar-refractivity contribution in [2.24, 2.45) is 5.73 Å². The molecule has 1 heterocycles. The minimum absolute atomic E-state index is 0.577. The molecule has 94 valence electrons. The molecule has 1 rings (SSSR count). The molecule has 1 aromatic heterocycles. The van der Waals surface area contributed by atoms with Crippen LogP contribution in [0.15, 0.2) is 24.5 Å². The third-order valence-electron chi connectivity index (χ3n) is 0.958. The molecule has 8 nitrogen and oxygen atoms in total. The zero-order valence-corrected chi connectivity index (χ0v) is 10.1. The highest BCUT2D eigenvalue weighted by Gasteiger charge is 1.81. The summed E-state index contributed by atoms with van der Waals surface area (Å²) in [7, 11) is -6.26. The van der Waals surface area contributed by atoms with Crippen LogP contribution >= 0.6 is 16.5 Å². The summed E-state index contributed by atoms with van der Waals surface area (Å²) in [5.41, 5.74) is 6.39. The Balaban J connectivity index is 0. The predicted octanol–water partition coefficient (Wildman–Crippen LogP) is -0.738. The molecule has 0 saturated carbocycles. The van der Waals surface area contributed by atoms with Gasteiger partial charge in [0.25, 0.3) is 0 Å². The minimum Gasteiger partial charge on any atom is -0.326 e. The van der Waals surface area contributed by atoms with Gasteiger partial charge in [-0.05, 0) is 11.6 Å². The predicted molar refractivity (Wildman–Crippen MR) is 59.0 cm³/mol. The van der Waals surface area contributed by atoms with Gasteiger partial charge in [-0.15, -0.1) is 0 Å². The normalized spacial score (nSPS) is 8.94. The van der Waals surface area contributed by atoms with Crippen molar-refractivity contribution in [2.45, 2.75) is 6.54 Å². The van der Waals surface area contributed by atoms with Gasteiger partial charge in [-0.3, -0.25) is 14.1 Å². The largest absolute Gasteiger partial charge is 0.326 e. The Labute approximate surface area is 93.3 Å². The van der Waals surface area contributed by atoms with E-state index in [0.717, 1.165) is 5.56 Å². The zero-order valence-electron chi connectivity index (χ0n) is 8.15. The highest BCUT2D eigenvalue weighted by molar-refractivity contribution is 7.31. The van der Waals surface area contributed by atoms with Crippen molar-refractivity contribution < 1.29 is 28.7 Å². The highest BCUT2D eigenvalue weighted by Crippen LogP contribution is 1.98. The fourth-order valence-corrected chi connectivity index (χ4v) is 0.519. The Hall–Kier alpha value is -0.590. The molecule has 0 aliphatic rings. The summed E-state index contributed by atoms with van der Waals surface area (Å²) in [6, 6.07) is 3.83. The number of hydrogen-bond acceptors (Lipinski definition) is 4. The lowest BCUT2D eigenvalue weighted by atomic mass is 10.3. The van der Waals surface area contributed by atoms with Crippen LogP contribution in [0.25, 0.3) is 0 Å². The van der Waals surface area contributed by atoms with E-state index in [1.54, 1.807) is 12.4 Å². The Morgan fingerprint density at radius 3 is 1.81 bits per heavy atom. The molecule has 0 unspecified atom stereocenters. The van der Waals surface area contributed by atoms with Crippen LogP contribution in [0.5, 0.6) is 0 Å². The summed E-state index contributed by atoms with van der Waals surface area (Å²) in [6.45, 7) is 0.577. The van der Waals surface area contributed by atoms with E-state index in [4.69, 9.17) is 34.4 Å². The molecule has 10 heteroatoms. The van der Waals surface area contributed by atoms with Crippen LogP contribution in [-0.4, -0.2) is 24.6 Å². The first kappa shape index (κ1) is 17.8. The fraction of sp³-hybridized carbons (Fsp3) is 0.167. The van der Waals surface area contributed by atoms with Crippen molar-refractivity contribution in [3.05, 3.63) is 30.1 Å². The highest BCUT2D eigenvalue weighted by atomic mass is 31.1. The van der Waals surface area contributed by atoms with Gasteiger partial charge in [-0.1, -0.05) is 6.07 Å². The average Bonchev–Trinajstić information content (AvgIpc) is 2.17. The Morgan fingerprint density at radius 1 is 1.19 bits per heavy atom. The minimum atomic E-state index is -3.13. The van der Waals surface area contributed by atoms with E-state index in [9.17, 15) is 0 Å². The molecule has 1 aromatic rings. The van der Waals surface area contributed by atoms with Crippen LogP contribution in [-0.2, 0) is 15.7 Å². The molecule has 16 heavy (non-hydrogen) atoms. The SMILES string of the molecule is NCc1cccnc1.O=[PH](O)O.O=[PH](O)O. The molecule has 0 atom stereocenters. The van der Waals surface area contributed by atoms with Gasteiger partial charge < -0.3 is 25.3 Å². The molecular formula is C6H14N2O6P2. The molecule has 0 aliphatic heterocycles. The second-order valence-electron chi connectivity index (χ2n) is 2.13. The van der Waals surface area contributed by atoms with Gasteiger partial charge in [0.15, 0.2) is 0 Å². The average molecular weight is 272 g/mol. The van der Waals surface area contributed by atoms with Crippen LogP contribution in [0.3, 0.4) is 0 Å². The topological polar surface area (TPSA) is 154 Å². The van der Waals surface area contributed by atoms with E-state index in [0.29, 0.717) is 6.54 Å². The molecule has 0 radical (unpaired) electrons. The third kappa shape index (κ3) is 23.3. The zero-order chi connectivity index (χ0) is 13.0. The molecule has 0 aliphatic carbocycles. The molecule has 0 fully saturated rings. The van der Waals surface area contributed by atoms with E-state index in [2.05, 4.69) is 4.98 Å². The van der Waals surface area contributed by atoms with Crippen LogP contribution < -0.4 is 5.73 Å². The van der Waals surface area contributed by atoms with Crippen LogP contribution in [0.1, 0.15) is 5.56 Å². The van der Waals surface area contributed by atoms with Gasteiger partial charge in [-0.25, -0.2) is 0 Å². The van der Waals surface area contributed by atoms with Crippen molar-refractivity contribution in [3.8, 4) is 0 Å². The van der Waals surface area contributed by atoms with E-state index >= 15 is 0 Å². The molecule has 0 bridgehead atoms. The summed E-state index contributed by atoms with van der Waals surface area (Å²) >= 11 is 0. The lowest BCUT2D eigenvalue weighted by Gasteiger charge is -1.89. The quantitative estimate of drug-likeness (QED) is 0.419. The summed E-state index contributed by atoms with van der Waals surface area (Å²) in [5.74, 6) is 0. The number of rotatable bonds is 1. The fourth-order valence-electron chi connectivity index (χ4n) is 0.519. The molecule has 6 N–H and O–H groups in total. The van der Waals surface area contributed by atoms with E-state index in [1.807, 2.05) is 12.1 Å². The van der Waals surface area contributed by atoms with Crippen molar-refractivity contribution in [1.82, 2.24) is 4.98 Å². The summed E-state index contributed by atoms with van der Waals surface area (Å²) in [5, 5.41) is 0. The Morgan fingerprint density at radius 2 is 1.62 bits per heavy atom. The van der Waals surface area contributed by atoms with E-state index < -0.39 is 16.5 Å². The van der Waals surface area contributed by atoms with E-state index in [-0.39, 0.29) is 0 Å². The number of nitrogens with two attached hydrogens (primary N) is 1. The van der Waals surface area contributed by atoms with Gasteiger partial charge in [0.2, 0.25) is 0 Å². The maximum absolute atomic E-state index is 8.74. The maximum atomic E-state index is 8.74. The van der Waals surface area contributed by atoms with Gasteiger partial charge in [-0.2, -0.15) is 0 Å². The van der Waals surface area contributed by atoms with Gasteiger partial charge in [0.1, 0.15) is 0 Å². The number of hydrogen-bond donors (Lipinski definition) is 5.